The summed E-state index contributed by atoms with van der Waals surface area (Å²) in [7, 11) is 0. The number of halogens is 2. The predicted octanol–water partition coefficient (Wildman–Crippen LogP) is 8.00. The first-order valence-electron chi connectivity index (χ1n) is 12.3. The van der Waals surface area contributed by atoms with Gasteiger partial charge in [-0.05, 0) is 61.0 Å². The Kier molecular flexibility index (Phi) is 8.49. The van der Waals surface area contributed by atoms with Gasteiger partial charge in [0.1, 0.15) is 18.2 Å². The number of nitrogens with one attached hydrogen (secondary N) is 2. The number of carbonyl (C=O) groups excluding carboxylic acids is 1. The minimum atomic E-state index is -0.348. The Bertz CT molecular complexity index is 1650. The van der Waals surface area contributed by atoms with Crippen LogP contribution < -0.4 is 15.5 Å². The van der Waals surface area contributed by atoms with Crippen molar-refractivity contribution in [2.45, 2.75) is 13.5 Å². The standard InChI is InChI=1S/C31H24ClFN4O2S/c1-20-6-13-25(14-7-20)35-31-36-28(19-40-31)22-9-11-23(12-10-22)30(38)37-34-17-21-8-15-29(26(32)16-21)39-18-24-4-2-3-5-27(24)33/h2-17,19H,18H2,1H3,(H,35,36)(H,37,38)/b34-17-. The van der Waals surface area contributed by atoms with Crippen LogP contribution in [0.3, 0.4) is 0 Å². The molecule has 0 aliphatic carbocycles. The summed E-state index contributed by atoms with van der Waals surface area (Å²) in [5.74, 6) is -0.265. The van der Waals surface area contributed by atoms with E-state index in [0.717, 1.165) is 22.1 Å². The Morgan fingerprint density at radius 3 is 2.58 bits per heavy atom. The van der Waals surface area contributed by atoms with Crippen molar-refractivity contribution in [1.82, 2.24) is 10.4 Å². The number of rotatable bonds is 9. The summed E-state index contributed by atoms with van der Waals surface area (Å²) in [6, 6.07) is 26.7. The zero-order valence-electron chi connectivity index (χ0n) is 21.4. The molecule has 0 bridgehead atoms. The number of aromatic nitrogens is 1. The van der Waals surface area contributed by atoms with E-state index in [1.165, 1.54) is 29.2 Å². The lowest BCUT2D eigenvalue weighted by atomic mass is 10.1. The maximum Gasteiger partial charge on any atom is 0.271 e. The van der Waals surface area contributed by atoms with Crippen LogP contribution >= 0.6 is 22.9 Å². The summed E-state index contributed by atoms with van der Waals surface area (Å²) in [4.78, 5) is 17.2. The molecule has 1 aromatic heterocycles. The minimum Gasteiger partial charge on any atom is -0.487 e. The number of anilines is 2. The summed E-state index contributed by atoms with van der Waals surface area (Å²) in [5, 5.41) is 10.4. The largest absolute Gasteiger partial charge is 0.487 e. The highest BCUT2D eigenvalue weighted by molar-refractivity contribution is 7.14. The van der Waals surface area contributed by atoms with Gasteiger partial charge < -0.3 is 10.1 Å². The minimum absolute atomic E-state index is 0.0582. The maximum absolute atomic E-state index is 13.8. The number of carbonyl (C=O) groups is 1. The Hall–Kier alpha value is -4.53. The highest BCUT2D eigenvalue weighted by Crippen LogP contribution is 2.28. The first kappa shape index (κ1) is 27.1. The van der Waals surface area contributed by atoms with E-state index < -0.39 is 0 Å². The molecular weight excluding hydrogens is 547 g/mol. The van der Waals surface area contributed by atoms with Crippen LogP contribution in [-0.2, 0) is 6.61 Å². The van der Waals surface area contributed by atoms with Crippen LogP contribution in [0.5, 0.6) is 5.75 Å². The first-order valence-corrected chi connectivity index (χ1v) is 13.6. The molecule has 1 amide bonds. The molecular formula is C31H24ClFN4O2S. The van der Waals surface area contributed by atoms with Crippen molar-refractivity contribution in [2.75, 3.05) is 5.32 Å². The molecule has 6 nitrogen and oxygen atoms in total. The molecule has 2 N–H and O–H groups in total. The van der Waals surface area contributed by atoms with Gasteiger partial charge in [-0.25, -0.2) is 14.8 Å². The molecule has 200 valence electrons. The third kappa shape index (κ3) is 6.91. The summed E-state index contributed by atoms with van der Waals surface area (Å²) in [6.07, 6.45) is 1.48. The van der Waals surface area contributed by atoms with Crippen LogP contribution in [0.25, 0.3) is 11.3 Å². The van der Waals surface area contributed by atoms with Gasteiger partial charge in [-0.3, -0.25) is 4.79 Å². The van der Waals surface area contributed by atoms with E-state index in [4.69, 9.17) is 16.3 Å². The summed E-state index contributed by atoms with van der Waals surface area (Å²) in [5.41, 5.74) is 7.98. The normalized spacial score (nSPS) is 11.0. The van der Waals surface area contributed by atoms with Gasteiger partial charge in [-0.15, -0.1) is 11.3 Å². The van der Waals surface area contributed by atoms with Crippen LogP contribution in [0.1, 0.15) is 27.0 Å². The summed E-state index contributed by atoms with van der Waals surface area (Å²) in [6.45, 7) is 2.11. The predicted molar refractivity (Wildman–Crippen MR) is 159 cm³/mol. The van der Waals surface area contributed by atoms with E-state index in [1.807, 2.05) is 48.7 Å². The zero-order valence-corrected chi connectivity index (χ0v) is 23.0. The lowest BCUT2D eigenvalue weighted by Crippen LogP contribution is -2.17. The van der Waals surface area contributed by atoms with Gasteiger partial charge in [0.15, 0.2) is 5.13 Å². The topological polar surface area (TPSA) is 75.6 Å². The third-order valence-corrected chi connectivity index (χ3v) is 6.98. The summed E-state index contributed by atoms with van der Waals surface area (Å²) < 4.78 is 19.4. The number of ether oxygens (including phenoxy) is 1. The molecule has 5 aromatic rings. The van der Waals surface area contributed by atoms with Gasteiger partial charge in [0, 0.05) is 27.8 Å². The first-order chi connectivity index (χ1) is 19.4. The Morgan fingerprint density at radius 1 is 1.05 bits per heavy atom. The molecule has 0 saturated carbocycles. The van der Waals surface area contributed by atoms with E-state index in [2.05, 4.69) is 20.8 Å². The van der Waals surface area contributed by atoms with Crippen molar-refractivity contribution in [3.63, 3.8) is 0 Å². The number of nitrogens with zero attached hydrogens (tertiary/aromatic N) is 2. The second-order valence-electron chi connectivity index (χ2n) is 8.88. The van der Waals surface area contributed by atoms with E-state index in [1.54, 1.807) is 48.5 Å². The van der Waals surface area contributed by atoms with E-state index in [0.29, 0.717) is 27.5 Å². The average molecular weight is 571 g/mol. The second-order valence-corrected chi connectivity index (χ2v) is 10.1. The number of hydrogen-bond donors (Lipinski definition) is 2. The van der Waals surface area contributed by atoms with Crippen molar-refractivity contribution >= 4 is 45.9 Å². The number of amides is 1. The van der Waals surface area contributed by atoms with Crippen LogP contribution in [0, 0.1) is 12.7 Å². The smallest absolute Gasteiger partial charge is 0.271 e. The summed E-state index contributed by atoms with van der Waals surface area (Å²) >= 11 is 7.82. The van der Waals surface area contributed by atoms with E-state index in [-0.39, 0.29) is 18.3 Å². The maximum atomic E-state index is 13.8. The molecule has 0 spiro atoms. The lowest BCUT2D eigenvalue weighted by molar-refractivity contribution is 0.0955. The number of aryl methyl sites for hydroxylation is 1. The average Bonchev–Trinajstić information content (AvgIpc) is 3.43. The fourth-order valence-electron chi connectivity index (χ4n) is 3.73. The van der Waals surface area contributed by atoms with Gasteiger partial charge in [0.05, 0.1) is 16.9 Å². The number of hydrazone groups is 1. The van der Waals surface area contributed by atoms with Crippen molar-refractivity contribution in [2.24, 2.45) is 5.10 Å². The van der Waals surface area contributed by atoms with E-state index in [9.17, 15) is 9.18 Å². The molecule has 4 aromatic carbocycles. The molecule has 0 fully saturated rings. The third-order valence-electron chi connectivity index (χ3n) is 5.93. The van der Waals surface area contributed by atoms with E-state index >= 15 is 0 Å². The van der Waals surface area contributed by atoms with Crippen LogP contribution in [-0.4, -0.2) is 17.1 Å². The van der Waals surface area contributed by atoms with Gasteiger partial charge in [-0.1, -0.05) is 59.6 Å². The Balaban J connectivity index is 1.14. The van der Waals surface area contributed by atoms with Crippen molar-refractivity contribution in [1.29, 1.82) is 0 Å². The van der Waals surface area contributed by atoms with Crippen molar-refractivity contribution in [3.05, 3.63) is 129 Å². The molecule has 9 heteroatoms. The molecule has 0 saturated heterocycles. The molecule has 0 atom stereocenters. The molecule has 0 unspecified atom stereocenters. The number of thiazole rings is 1. The monoisotopic (exact) mass is 570 g/mol. The SMILES string of the molecule is Cc1ccc(Nc2nc(-c3ccc(C(=O)N/N=C\c4ccc(OCc5ccccc5F)c(Cl)c4)cc3)cs2)cc1. The fourth-order valence-corrected chi connectivity index (χ4v) is 4.72. The van der Waals surface area contributed by atoms with Crippen molar-refractivity contribution in [3.8, 4) is 17.0 Å². The quantitative estimate of drug-likeness (QED) is 0.139. The zero-order chi connectivity index (χ0) is 27.9. The number of hydrogen-bond acceptors (Lipinski definition) is 6. The Morgan fingerprint density at radius 2 is 1.82 bits per heavy atom. The van der Waals surface area contributed by atoms with Gasteiger partial charge in [-0.2, -0.15) is 5.10 Å². The molecule has 0 radical (unpaired) electrons. The highest BCUT2D eigenvalue weighted by atomic mass is 35.5. The van der Waals surface area contributed by atoms with Crippen LogP contribution in [0.4, 0.5) is 15.2 Å². The molecule has 5 rings (SSSR count). The fraction of sp³-hybridized carbons (Fsp3) is 0.0645. The molecule has 1 heterocycles. The van der Waals surface area contributed by atoms with Gasteiger partial charge >= 0.3 is 0 Å². The molecule has 0 aliphatic heterocycles. The number of benzene rings is 4. The molecule has 0 aliphatic rings. The van der Waals surface area contributed by atoms with Crippen molar-refractivity contribution < 1.29 is 13.9 Å². The highest BCUT2D eigenvalue weighted by Gasteiger charge is 2.09. The van der Waals surface area contributed by atoms with Crippen LogP contribution in [0.15, 0.2) is 101 Å². The Labute approximate surface area is 240 Å². The second kappa shape index (κ2) is 12.5. The lowest BCUT2D eigenvalue weighted by Gasteiger charge is -2.09. The van der Waals surface area contributed by atoms with Crippen LogP contribution in [0.2, 0.25) is 5.02 Å². The van der Waals surface area contributed by atoms with Gasteiger partial charge in [0.25, 0.3) is 5.91 Å². The molecule has 40 heavy (non-hydrogen) atoms. The van der Waals surface area contributed by atoms with Gasteiger partial charge in [0.2, 0.25) is 0 Å².